The van der Waals surface area contributed by atoms with Crippen LogP contribution in [-0.4, -0.2) is 7.05 Å². The minimum atomic E-state index is 0.586. The minimum Gasteiger partial charge on any atom is -0.370 e. The molecule has 0 aromatic heterocycles. The zero-order valence-corrected chi connectivity index (χ0v) is 12.6. The second-order valence-electron chi connectivity index (χ2n) is 5.63. The molecule has 0 aliphatic carbocycles. The maximum absolute atomic E-state index is 5.70. The second kappa shape index (κ2) is 6.58. The Balaban J connectivity index is 2.08. The van der Waals surface area contributed by atoms with Crippen LogP contribution < -0.4 is 10.6 Å². The molecule has 0 fully saturated rings. The summed E-state index contributed by atoms with van der Waals surface area (Å²) in [5.74, 6) is 0.586. The molecule has 2 aromatic rings. The molecule has 0 saturated carbocycles. The van der Waals surface area contributed by atoms with Crippen LogP contribution in [0.25, 0.3) is 0 Å². The maximum Gasteiger partial charge on any atom is 0.0426 e. The third kappa shape index (κ3) is 3.61. The van der Waals surface area contributed by atoms with Crippen LogP contribution in [-0.2, 0) is 13.1 Å². The van der Waals surface area contributed by atoms with Gasteiger partial charge in [-0.1, -0.05) is 50.2 Å². The van der Waals surface area contributed by atoms with Gasteiger partial charge in [-0.05, 0) is 34.7 Å². The predicted octanol–water partition coefficient (Wildman–Crippen LogP) is 3.91. The van der Waals surface area contributed by atoms with E-state index in [1.54, 1.807) is 0 Å². The van der Waals surface area contributed by atoms with Crippen LogP contribution in [0.15, 0.2) is 48.5 Å². The first-order valence-electron chi connectivity index (χ1n) is 7.19. The molecule has 0 amide bonds. The van der Waals surface area contributed by atoms with Crippen LogP contribution in [0, 0.1) is 0 Å². The van der Waals surface area contributed by atoms with Crippen LogP contribution in [0.5, 0.6) is 0 Å². The van der Waals surface area contributed by atoms with Gasteiger partial charge in [0, 0.05) is 25.8 Å². The van der Waals surface area contributed by atoms with Gasteiger partial charge in [0.25, 0.3) is 0 Å². The first kappa shape index (κ1) is 14.6. The SMILES string of the molecule is CC(C)c1ccc(CN(C)c2cccc(CN)c2)cc1. The van der Waals surface area contributed by atoms with Crippen LogP contribution in [0.4, 0.5) is 5.69 Å². The van der Waals surface area contributed by atoms with Crippen molar-refractivity contribution in [2.45, 2.75) is 32.9 Å². The zero-order chi connectivity index (χ0) is 14.5. The van der Waals surface area contributed by atoms with Gasteiger partial charge in [-0.3, -0.25) is 0 Å². The normalized spacial score (nSPS) is 10.8. The Hall–Kier alpha value is -1.80. The Bertz CT molecular complexity index is 544. The van der Waals surface area contributed by atoms with E-state index in [0.29, 0.717) is 12.5 Å². The number of nitrogens with two attached hydrogens (primary N) is 1. The molecule has 0 atom stereocenters. The van der Waals surface area contributed by atoms with Crippen molar-refractivity contribution in [1.29, 1.82) is 0 Å². The van der Waals surface area contributed by atoms with Gasteiger partial charge in [0.2, 0.25) is 0 Å². The van der Waals surface area contributed by atoms with Crippen molar-refractivity contribution in [3.63, 3.8) is 0 Å². The number of nitrogens with zero attached hydrogens (tertiary/aromatic N) is 1. The molecule has 0 heterocycles. The summed E-state index contributed by atoms with van der Waals surface area (Å²) in [6, 6.07) is 17.3. The standard InChI is InChI=1S/C18H24N2/c1-14(2)17-9-7-15(8-10-17)13-20(3)18-6-4-5-16(11-18)12-19/h4-11,14H,12-13,19H2,1-3H3. The Morgan fingerprint density at radius 1 is 1.00 bits per heavy atom. The topological polar surface area (TPSA) is 29.3 Å². The highest BCUT2D eigenvalue weighted by Gasteiger charge is 2.04. The van der Waals surface area contributed by atoms with Crippen molar-refractivity contribution in [1.82, 2.24) is 0 Å². The van der Waals surface area contributed by atoms with Gasteiger partial charge in [0.05, 0.1) is 0 Å². The van der Waals surface area contributed by atoms with Gasteiger partial charge in [0.1, 0.15) is 0 Å². The summed E-state index contributed by atoms with van der Waals surface area (Å²) in [4.78, 5) is 2.25. The monoisotopic (exact) mass is 268 g/mol. The fraction of sp³-hybridized carbons (Fsp3) is 0.333. The molecule has 0 spiro atoms. The Morgan fingerprint density at radius 3 is 2.30 bits per heavy atom. The van der Waals surface area contributed by atoms with E-state index in [1.165, 1.54) is 22.4 Å². The highest BCUT2D eigenvalue weighted by Crippen LogP contribution is 2.19. The van der Waals surface area contributed by atoms with Crippen molar-refractivity contribution in [3.8, 4) is 0 Å². The lowest BCUT2D eigenvalue weighted by molar-refractivity contribution is 0.861. The van der Waals surface area contributed by atoms with E-state index in [4.69, 9.17) is 5.73 Å². The first-order chi connectivity index (χ1) is 9.60. The Kier molecular flexibility index (Phi) is 4.80. The van der Waals surface area contributed by atoms with E-state index in [0.717, 1.165) is 6.54 Å². The lowest BCUT2D eigenvalue weighted by atomic mass is 10.0. The van der Waals surface area contributed by atoms with Crippen LogP contribution in [0.2, 0.25) is 0 Å². The molecule has 0 bridgehead atoms. The van der Waals surface area contributed by atoms with Gasteiger partial charge in [-0.2, -0.15) is 0 Å². The highest BCUT2D eigenvalue weighted by atomic mass is 15.1. The van der Waals surface area contributed by atoms with Gasteiger partial charge in [-0.25, -0.2) is 0 Å². The van der Waals surface area contributed by atoms with Crippen LogP contribution in [0.1, 0.15) is 36.5 Å². The second-order valence-corrected chi connectivity index (χ2v) is 5.63. The van der Waals surface area contributed by atoms with Crippen LogP contribution in [0.3, 0.4) is 0 Å². The molecule has 20 heavy (non-hydrogen) atoms. The van der Waals surface area contributed by atoms with Crippen molar-refractivity contribution >= 4 is 5.69 Å². The fourth-order valence-electron chi connectivity index (χ4n) is 2.29. The number of anilines is 1. The van der Waals surface area contributed by atoms with Gasteiger partial charge < -0.3 is 10.6 Å². The van der Waals surface area contributed by atoms with Crippen molar-refractivity contribution in [2.24, 2.45) is 5.73 Å². The summed E-state index contributed by atoms with van der Waals surface area (Å²) in [7, 11) is 2.12. The third-order valence-corrected chi connectivity index (χ3v) is 3.65. The lowest BCUT2D eigenvalue weighted by Crippen LogP contribution is -2.16. The first-order valence-corrected chi connectivity index (χ1v) is 7.19. The fourth-order valence-corrected chi connectivity index (χ4v) is 2.29. The molecular weight excluding hydrogens is 244 g/mol. The summed E-state index contributed by atoms with van der Waals surface area (Å²) >= 11 is 0. The highest BCUT2D eigenvalue weighted by molar-refractivity contribution is 5.48. The number of hydrogen-bond acceptors (Lipinski definition) is 2. The number of benzene rings is 2. The molecule has 0 saturated heterocycles. The van der Waals surface area contributed by atoms with E-state index in [9.17, 15) is 0 Å². The lowest BCUT2D eigenvalue weighted by Gasteiger charge is -2.20. The van der Waals surface area contributed by atoms with E-state index >= 15 is 0 Å². The molecule has 2 aromatic carbocycles. The molecule has 2 nitrogen and oxygen atoms in total. The summed E-state index contributed by atoms with van der Waals surface area (Å²) < 4.78 is 0. The third-order valence-electron chi connectivity index (χ3n) is 3.65. The van der Waals surface area contributed by atoms with Crippen LogP contribution >= 0.6 is 0 Å². The summed E-state index contributed by atoms with van der Waals surface area (Å²) in [5, 5.41) is 0. The van der Waals surface area contributed by atoms with E-state index in [-0.39, 0.29) is 0 Å². The molecule has 0 aliphatic heterocycles. The van der Waals surface area contributed by atoms with Gasteiger partial charge in [0.15, 0.2) is 0 Å². The van der Waals surface area contributed by atoms with E-state index in [2.05, 4.69) is 74.3 Å². The smallest absolute Gasteiger partial charge is 0.0426 e. The molecule has 2 rings (SSSR count). The summed E-state index contributed by atoms with van der Waals surface area (Å²) in [5.41, 5.74) is 10.8. The Labute approximate surface area is 122 Å². The molecular formula is C18H24N2. The quantitative estimate of drug-likeness (QED) is 0.891. The maximum atomic E-state index is 5.70. The molecule has 2 N–H and O–H groups in total. The largest absolute Gasteiger partial charge is 0.370 e. The summed E-state index contributed by atoms with van der Waals surface area (Å²) in [6.45, 7) is 5.94. The van der Waals surface area contributed by atoms with Crippen molar-refractivity contribution in [3.05, 3.63) is 65.2 Å². The molecule has 0 unspecified atom stereocenters. The Morgan fingerprint density at radius 2 is 1.70 bits per heavy atom. The van der Waals surface area contributed by atoms with E-state index < -0.39 is 0 Å². The average molecular weight is 268 g/mol. The minimum absolute atomic E-state index is 0.586. The van der Waals surface area contributed by atoms with Crippen molar-refractivity contribution < 1.29 is 0 Å². The van der Waals surface area contributed by atoms with Gasteiger partial charge in [-0.15, -0.1) is 0 Å². The number of rotatable bonds is 5. The van der Waals surface area contributed by atoms with Gasteiger partial charge >= 0.3 is 0 Å². The molecule has 106 valence electrons. The van der Waals surface area contributed by atoms with Crippen molar-refractivity contribution in [2.75, 3.05) is 11.9 Å². The van der Waals surface area contributed by atoms with E-state index in [1.807, 2.05) is 0 Å². The molecule has 2 heteroatoms. The predicted molar refractivity (Wildman–Crippen MR) is 87.0 cm³/mol. The zero-order valence-electron chi connectivity index (χ0n) is 12.6. The molecule has 0 aliphatic rings. The molecule has 0 radical (unpaired) electrons. The average Bonchev–Trinajstić information content (AvgIpc) is 2.47. The number of hydrogen-bond donors (Lipinski definition) is 1. The summed E-state index contributed by atoms with van der Waals surface area (Å²) in [6.07, 6.45) is 0.